The minimum absolute atomic E-state index is 0.0273. The van der Waals surface area contributed by atoms with Gasteiger partial charge in [-0.2, -0.15) is 5.10 Å². The summed E-state index contributed by atoms with van der Waals surface area (Å²) < 4.78 is 1.66. The molecule has 26 heavy (non-hydrogen) atoms. The smallest absolute Gasteiger partial charge is 0.274 e. The van der Waals surface area contributed by atoms with Crippen LogP contribution in [0.15, 0.2) is 54.9 Å². The van der Waals surface area contributed by atoms with Crippen molar-refractivity contribution in [3.05, 3.63) is 66.1 Å². The van der Waals surface area contributed by atoms with Crippen LogP contribution in [0.25, 0.3) is 5.65 Å². The molecule has 0 radical (unpaired) electrons. The highest BCUT2D eigenvalue weighted by molar-refractivity contribution is 5.93. The number of nitrogens with zero attached hydrogens (tertiary/aromatic N) is 5. The highest BCUT2D eigenvalue weighted by atomic mass is 16.2. The number of benzene rings is 1. The third kappa shape index (κ3) is 2.76. The third-order valence-electron chi connectivity index (χ3n) is 5.55. The van der Waals surface area contributed by atoms with E-state index in [-0.39, 0.29) is 5.91 Å². The molecular weight excluding hydrogens is 326 g/mol. The first-order chi connectivity index (χ1) is 12.8. The van der Waals surface area contributed by atoms with Crippen molar-refractivity contribution < 1.29 is 4.79 Å². The molecule has 0 N–H and O–H groups in total. The molecule has 4 heterocycles. The molecule has 2 atom stereocenters. The van der Waals surface area contributed by atoms with Crippen LogP contribution in [0.1, 0.15) is 16.1 Å². The molecule has 1 amide bonds. The lowest BCUT2D eigenvalue weighted by Gasteiger charge is -2.21. The summed E-state index contributed by atoms with van der Waals surface area (Å²) in [4.78, 5) is 21.6. The van der Waals surface area contributed by atoms with Crippen molar-refractivity contribution in [2.75, 3.05) is 26.2 Å². The molecular formula is C20H21N5O. The van der Waals surface area contributed by atoms with Gasteiger partial charge < -0.3 is 4.90 Å². The molecule has 2 saturated heterocycles. The molecule has 6 nitrogen and oxygen atoms in total. The van der Waals surface area contributed by atoms with Crippen molar-refractivity contribution in [2.24, 2.45) is 11.8 Å². The zero-order valence-electron chi connectivity index (χ0n) is 14.5. The standard InChI is InChI=1S/C20H21N5O/c26-20(18-9-19-21-7-4-8-25(19)22-18)24-13-16-11-23(12-17(16)14-24)10-15-5-2-1-3-6-15/h1-9,16-17H,10-14H2/t16-,17+. The SMILES string of the molecule is O=C(c1cc2ncccn2n1)N1C[C@H]2CN(Cc3ccccc3)C[C@H]2C1. The number of likely N-dealkylation sites (tertiary alicyclic amines) is 2. The van der Waals surface area contributed by atoms with Crippen molar-refractivity contribution in [2.45, 2.75) is 6.54 Å². The number of amides is 1. The van der Waals surface area contributed by atoms with Gasteiger partial charge in [-0.05, 0) is 23.5 Å². The Kier molecular flexibility index (Phi) is 3.71. The lowest BCUT2D eigenvalue weighted by atomic mass is 10.0. The summed E-state index contributed by atoms with van der Waals surface area (Å²) >= 11 is 0. The van der Waals surface area contributed by atoms with Gasteiger partial charge >= 0.3 is 0 Å². The molecule has 5 rings (SSSR count). The zero-order valence-corrected chi connectivity index (χ0v) is 14.5. The minimum atomic E-state index is 0.0273. The van der Waals surface area contributed by atoms with E-state index in [4.69, 9.17) is 0 Å². The first-order valence-corrected chi connectivity index (χ1v) is 9.12. The van der Waals surface area contributed by atoms with Crippen LogP contribution in [-0.4, -0.2) is 56.5 Å². The Bertz CT molecular complexity index is 891. The van der Waals surface area contributed by atoms with E-state index >= 15 is 0 Å². The molecule has 0 spiro atoms. The molecule has 2 aliphatic rings. The summed E-state index contributed by atoms with van der Waals surface area (Å²) in [5, 5.41) is 4.37. The second-order valence-corrected chi connectivity index (χ2v) is 7.36. The summed E-state index contributed by atoms with van der Waals surface area (Å²) in [5.41, 5.74) is 2.56. The van der Waals surface area contributed by atoms with Gasteiger partial charge in [0, 0.05) is 51.2 Å². The van der Waals surface area contributed by atoms with E-state index in [1.165, 1.54) is 5.56 Å². The lowest BCUT2D eigenvalue weighted by molar-refractivity contribution is 0.0767. The van der Waals surface area contributed by atoms with Crippen LogP contribution in [0.3, 0.4) is 0 Å². The van der Waals surface area contributed by atoms with Gasteiger partial charge in [-0.3, -0.25) is 9.69 Å². The summed E-state index contributed by atoms with van der Waals surface area (Å²) in [7, 11) is 0. The average Bonchev–Trinajstić information content (AvgIpc) is 3.34. The Hall–Kier alpha value is -2.73. The van der Waals surface area contributed by atoms with Crippen LogP contribution >= 0.6 is 0 Å². The first kappa shape index (κ1) is 15.5. The van der Waals surface area contributed by atoms with Crippen molar-refractivity contribution in [3.8, 4) is 0 Å². The maximum absolute atomic E-state index is 12.8. The summed E-state index contributed by atoms with van der Waals surface area (Å²) in [6.45, 7) is 4.79. The Morgan fingerprint density at radius 2 is 1.81 bits per heavy atom. The number of fused-ring (bicyclic) bond motifs is 2. The van der Waals surface area contributed by atoms with Crippen molar-refractivity contribution >= 4 is 11.6 Å². The Balaban J connectivity index is 1.24. The molecule has 0 bridgehead atoms. The Morgan fingerprint density at radius 3 is 2.54 bits per heavy atom. The first-order valence-electron chi connectivity index (χ1n) is 9.12. The maximum atomic E-state index is 12.8. The van der Waals surface area contributed by atoms with Gasteiger partial charge in [0.1, 0.15) is 0 Å². The van der Waals surface area contributed by atoms with Crippen LogP contribution in [0.5, 0.6) is 0 Å². The van der Waals surface area contributed by atoms with Gasteiger partial charge in [0.15, 0.2) is 11.3 Å². The second kappa shape index (κ2) is 6.21. The highest BCUT2D eigenvalue weighted by Gasteiger charge is 2.41. The largest absolute Gasteiger partial charge is 0.337 e. The van der Waals surface area contributed by atoms with Gasteiger partial charge in [0.05, 0.1) is 0 Å². The summed E-state index contributed by atoms with van der Waals surface area (Å²) in [5.74, 6) is 1.16. The normalized spacial score (nSPS) is 22.8. The van der Waals surface area contributed by atoms with Crippen LogP contribution < -0.4 is 0 Å². The van der Waals surface area contributed by atoms with Crippen LogP contribution in [-0.2, 0) is 6.54 Å². The van der Waals surface area contributed by atoms with Gasteiger partial charge in [-0.1, -0.05) is 30.3 Å². The third-order valence-corrected chi connectivity index (χ3v) is 5.55. The fourth-order valence-electron chi connectivity index (χ4n) is 4.32. The monoisotopic (exact) mass is 347 g/mol. The van der Waals surface area contributed by atoms with E-state index in [0.717, 1.165) is 32.7 Å². The van der Waals surface area contributed by atoms with Crippen molar-refractivity contribution in [1.29, 1.82) is 0 Å². The molecule has 2 fully saturated rings. The topological polar surface area (TPSA) is 53.7 Å². The number of carbonyl (C=O) groups is 1. The van der Waals surface area contributed by atoms with Crippen LogP contribution in [0.2, 0.25) is 0 Å². The maximum Gasteiger partial charge on any atom is 0.274 e. The van der Waals surface area contributed by atoms with Crippen molar-refractivity contribution in [3.63, 3.8) is 0 Å². The number of rotatable bonds is 3. The van der Waals surface area contributed by atoms with Gasteiger partial charge in [-0.15, -0.1) is 0 Å². The zero-order chi connectivity index (χ0) is 17.5. The molecule has 0 unspecified atom stereocenters. The Morgan fingerprint density at radius 1 is 1.04 bits per heavy atom. The number of carbonyl (C=O) groups excluding carboxylic acids is 1. The molecule has 2 aliphatic heterocycles. The van der Waals surface area contributed by atoms with E-state index in [1.54, 1.807) is 16.8 Å². The van der Waals surface area contributed by atoms with E-state index in [9.17, 15) is 4.79 Å². The number of aromatic nitrogens is 3. The molecule has 2 aromatic heterocycles. The molecule has 0 saturated carbocycles. The molecule has 6 heteroatoms. The fourth-order valence-corrected chi connectivity index (χ4v) is 4.32. The predicted octanol–water partition coefficient (Wildman–Crippen LogP) is 1.93. The predicted molar refractivity (Wildman–Crippen MR) is 97.6 cm³/mol. The number of hydrogen-bond acceptors (Lipinski definition) is 4. The van der Waals surface area contributed by atoms with E-state index in [0.29, 0.717) is 23.2 Å². The lowest BCUT2D eigenvalue weighted by Crippen LogP contribution is -2.33. The second-order valence-electron chi connectivity index (χ2n) is 7.36. The van der Waals surface area contributed by atoms with Crippen LogP contribution in [0.4, 0.5) is 0 Å². The van der Waals surface area contributed by atoms with Gasteiger partial charge in [0.2, 0.25) is 0 Å². The average molecular weight is 347 g/mol. The highest BCUT2D eigenvalue weighted by Crippen LogP contribution is 2.32. The molecule has 0 aliphatic carbocycles. The minimum Gasteiger partial charge on any atom is -0.337 e. The van der Waals surface area contributed by atoms with Gasteiger partial charge in [-0.25, -0.2) is 9.50 Å². The summed E-state index contributed by atoms with van der Waals surface area (Å²) in [6.07, 6.45) is 3.53. The van der Waals surface area contributed by atoms with Crippen molar-refractivity contribution in [1.82, 2.24) is 24.4 Å². The quantitative estimate of drug-likeness (QED) is 0.727. The van der Waals surface area contributed by atoms with Crippen LogP contribution in [0, 0.1) is 11.8 Å². The van der Waals surface area contributed by atoms with Gasteiger partial charge in [0.25, 0.3) is 5.91 Å². The van der Waals surface area contributed by atoms with E-state index < -0.39 is 0 Å². The number of hydrogen-bond donors (Lipinski definition) is 0. The fraction of sp³-hybridized carbons (Fsp3) is 0.350. The van der Waals surface area contributed by atoms with E-state index in [1.807, 2.05) is 17.2 Å². The molecule has 3 aromatic rings. The Labute approximate surface area is 152 Å². The molecule has 132 valence electrons. The molecule has 1 aromatic carbocycles. The van der Waals surface area contributed by atoms with E-state index in [2.05, 4.69) is 45.3 Å². The summed E-state index contributed by atoms with van der Waals surface area (Å²) in [6, 6.07) is 14.2.